The van der Waals surface area contributed by atoms with Crippen LogP contribution in [0.2, 0.25) is 5.02 Å². The van der Waals surface area contributed by atoms with Crippen LogP contribution in [0.5, 0.6) is 0 Å². The minimum absolute atomic E-state index is 0.0731. The minimum Gasteiger partial charge on any atom is -0.377 e. The number of thiophene rings is 1. The number of fused-ring (bicyclic) bond motifs is 3. The predicted molar refractivity (Wildman–Crippen MR) is 164 cm³/mol. The molecule has 2 N–H and O–H groups in total. The van der Waals surface area contributed by atoms with Gasteiger partial charge >= 0.3 is 0 Å². The zero-order valence-electron chi connectivity index (χ0n) is 24.6. The van der Waals surface area contributed by atoms with Crippen LogP contribution in [0.15, 0.2) is 29.3 Å². The molecule has 232 valence electrons. The molecule has 0 bridgehead atoms. The third-order valence-corrected chi connectivity index (χ3v) is 7.96. The van der Waals surface area contributed by atoms with Gasteiger partial charge in [-0.2, -0.15) is 0 Å². The number of benzene rings is 1. The highest BCUT2D eigenvalue weighted by atomic mass is 35.5. The summed E-state index contributed by atoms with van der Waals surface area (Å²) in [6, 6.07) is 7.54. The summed E-state index contributed by atoms with van der Waals surface area (Å²) >= 11 is 7.53. The van der Waals surface area contributed by atoms with Gasteiger partial charge in [0.1, 0.15) is 17.4 Å². The van der Waals surface area contributed by atoms with Crippen molar-refractivity contribution in [1.29, 1.82) is 0 Å². The summed E-state index contributed by atoms with van der Waals surface area (Å²) in [7, 11) is 0. The second-order valence-electron chi connectivity index (χ2n) is 9.60. The number of hydrogen-bond acceptors (Lipinski definition) is 10. The zero-order valence-corrected chi connectivity index (χ0v) is 26.2. The molecule has 0 unspecified atom stereocenters. The second kappa shape index (κ2) is 16.6. The lowest BCUT2D eigenvalue weighted by atomic mass is 9.99. The monoisotopic (exact) mass is 632 g/mol. The number of aromatic nitrogens is 3. The smallest absolute Gasteiger partial charge is 0.261 e. The summed E-state index contributed by atoms with van der Waals surface area (Å²) in [5, 5.41) is 15.7. The van der Waals surface area contributed by atoms with E-state index in [2.05, 4.69) is 20.8 Å². The number of nitrogens with zero attached hydrogens (tertiary/aromatic N) is 4. The Morgan fingerprint density at radius 1 is 0.884 bits per heavy atom. The van der Waals surface area contributed by atoms with Crippen LogP contribution in [0.25, 0.3) is 5.00 Å². The fourth-order valence-corrected chi connectivity index (χ4v) is 5.79. The second-order valence-corrected chi connectivity index (χ2v) is 11.0. The molecule has 3 aromatic rings. The molecule has 2 amide bonds. The lowest BCUT2D eigenvalue weighted by Crippen LogP contribution is -2.27. The first-order valence-electron chi connectivity index (χ1n) is 14.1. The van der Waals surface area contributed by atoms with Crippen molar-refractivity contribution in [3.05, 3.63) is 62.5 Å². The van der Waals surface area contributed by atoms with Gasteiger partial charge in [-0.3, -0.25) is 19.1 Å². The maximum atomic E-state index is 13.2. The van der Waals surface area contributed by atoms with E-state index in [4.69, 9.17) is 35.5 Å². The molecule has 3 heterocycles. The molecule has 0 radical (unpaired) electrons. The number of aliphatic imine (C=N–C) groups is 1. The fourth-order valence-electron chi connectivity index (χ4n) is 4.37. The lowest BCUT2D eigenvalue weighted by molar-refractivity contribution is -0.119. The number of amides is 2. The average Bonchev–Trinajstić information content (AvgIpc) is 3.46. The summed E-state index contributed by atoms with van der Waals surface area (Å²) in [4.78, 5) is 29.5. The first-order valence-corrected chi connectivity index (χ1v) is 15.2. The van der Waals surface area contributed by atoms with E-state index in [1.165, 1.54) is 18.3 Å². The number of ether oxygens (including phenoxy) is 4. The minimum atomic E-state index is -0.172. The molecule has 4 rings (SSSR count). The number of carbonyl (C=O) groups excluding carboxylic acids is 2. The fraction of sp³-hybridized carbons (Fsp3) is 0.483. The number of aryl methyl sites for hydroxylation is 1. The molecule has 12 nitrogen and oxygen atoms in total. The Morgan fingerprint density at radius 2 is 1.47 bits per heavy atom. The molecule has 0 spiro atoms. The van der Waals surface area contributed by atoms with Crippen molar-refractivity contribution in [2.75, 3.05) is 65.9 Å². The molecule has 1 aromatic carbocycles. The van der Waals surface area contributed by atoms with Gasteiger partial charge in [-0.15, -0.1) is 21.5 Å². The van der Waals surface area contributed by atoms with Crippen LogP contribution in [0.3, 0.4) is 0 Å². The topological polar surface area (TPSA) is 138 Å². The van der Waals surface area contributed by atoms with E-state index in [9.17, 15) is 9.59 Å². The van der Waals surface area contributed by atoms with Gasteiger partial charge in [-0.25, -0.2) is 0 Å². The molecule has 43 heavy (non-hydrogen) atoms. The Hall–Kier alpha value is -3.20. The standard InChI is InChI=1S/C29H37ClN6O6S/c1-19-25-26(22-4-6-23(30)7-5-22)33-18-24-35-34-20(2)36(24)29(25)43-27(19)28(38)32-9-11-40-13-15-42-17-16-41-14-12-39-10-8-31-21(3)37/h4-7H,8-18H2,1-3H3,(H,31,37)(H,32,38). The third-order valence-electron chi connectivity index (χ3n) is 6.43. The van der Waals surface area contributed by atoms with E-state index in [0.717, 1.165) is 39.1 Å². The van der Waals surface area contributed by atoms with Gasteiger partial charge < -0.3 is 29.6 Å². The van der Waals surface area contributed by atoms with Crippen molar-refractivity contribution >= 4 is 40.5 Å². The van der Waals surface area contributed by atoms with E-state index in [0.29, 0.717) is 82.4 Å². The van der Waals surface area contributed by atoms with Crippen molar-refractivity contribution in [1.82, 2.24) is 25.4 Å². The number of rotatable bonds is 17. The van der Waals surface area contributed by atoms with E-state index in [1.54, 1.807) is 0 Å². The van der Waals surface area contributed by atoms with Crippen LogP contribution >= 0.6 is 22.9 Å². The molecule has 14 heteroatoms. The van der Waals surface area contributed by atoms with Gasteiger partial charge in [0, 0.05) is 36.2 Å². The molecule has 0 atom stereocenters. The maximum Gasteiger partial charge on any atom is 0.261 e. The SMILES string of the molecule is CC(=O)NCCOCCOCCOCCOCCNC(=O)c1sc2c(c1C)C(c1ccc(Cl)cc1)=NCc1nnc(C)n1-2. The molecular formula is C29H37ClN6O6S. The quantitative estimate of drug-likeness (QED) is 0.217. The van der Waals surface area contributed by atoms with Gasteiger partial charge in [0.05, 0.1) is 63.4 Å². The van der Waals surface area contributed by atoms with Crippen molar-refractivity contribution in [2.45, 2.75) is 27.3 Å². The first-order chi connectivity index (χ1) is 20.9. The number of halogens is 1. The molecule has 0 saturated heterocycles. The summed E-state index contributed by atoms with van der Waals surface area (Å²) in [6.45, 7) is 10.0. The number of hydrogen-bond donors (Lipinski definition) is 2. The van der Waals surface area contributed by atoms with Gasteiger partial charge in [-0.1, -0.05) is 23.7 Å². The number of nitrogens with one attached hydrogen (secondary N) is 2. The highest BCUT2D eigenvalue weighted by Crippen LogP contribution is 2.36. The Bertz CT molecular complexity index is 1410. The highest BCUT2D eigenvalue weighted by Gasteiger charge is 2.29. The predicted octanol–water partition coefficient (Wildman–Crippen LogP) is 2.88. The van der Waals surface area contributed by atoms with Crippen LogP contribution in [0.1, 0.15) is 44.9 Å². The molecular weight excluding hydrogens is 596 g/mol. The normalized spacial score (nSPS) is 12.3. The van der Waals surface area contributed by atoms with E-state index >= 15 is 0 Å². The van der Waals surface area contributed by atoms with E-state index in [-0.39, 0.29) is 11.8 Å². The van der Waals surface area contributed by atoms with E-state index < -0.39 is 0 Å². The Kier molecular flexibility index (Phi) is 12.6. The third kappa shape index (κ3) is 9.15. The van der Waals surface area contributed by atoms with Crippen molar-refractivity contribution in [3.63, 3.8) is 0 Å². The lowest BCUT2D eigenvalue weighted by Gasteiger charge is -2.09. The van der Waals surface area contributed by atoms with E-state index in [1.807, 2.05) is 42.7 Å². The van der Waals surface area contributed by atoms with Crippen molar-refractivity contribution in [2.24, 2.45) is 4.99 Å². The van der Waals surface area contributed by atoms with Crippen molar-refractivity contribution in [3.8, 4) is 5.00 Å². The van der Waals surface area contributed by atoms with Crippen LogP contribution in [0, 0.1) is 13.8 Å². The molecule has 0 aliphatic carbocycles. The maximum absolute atomic E-state index is 13.2. The average molecular weight is 633 g/mol. The largest absolute Gasteiger partial charge is 0.377 e. The summed E-state index contributed by atoms with van der Waals surface area (Å²) < 4.78 is 23.9. The molecule has 0 saturated carbocycles. The van der Waals surface area contributed by atoms with Crippen LogP contribution < -0.4 is 10.6 Å². The van der Waals surface area contributed by atoms with Crippen LogP contribution in [0.4, 0.5) is 0 Å². The summed E-state index contributed by atoms with van der Waals surface area (Å²) in [5.41, 5.74) is 3.46. The van der Waals surface area contributed by atoms with Crippen LogP contribution in [-0.2, 0) is 30.3 Å². The zero-order chi connectivity index (χ0) is 30.6. The van der Waals surface area contributed by atoms with Gasteiger partial charge in [0.2, 0.25) is 5.91 Å². The van der Waals surface area contributed by atoms with Gasteiger partial charge in [0.25, 0.3) is 5.91 Å². The summed E-state index contributed by atoms with van der Waals surface area (Å²) in [5.74, 6) is 1.22. The summed E-state index contributed by atoms with van der Waals surface area (Å²) in [6.07, 6.45) is 0. The molecule has 1 aliphatic rings. The Morgan fingerprint density at radius 3 is 2.07 bits per heavy atom. The van der Waals surface area contributed by atoms with Gasteiger partial charge in [0.15, 0.2) is 5.82 Å². The molecule has 2 aromatic heterocycles. The Balaban J connectivity index is 1.20. The van der Waals surface area contributed by atoms with Crippen molar-refractivity contribution < 1.29 is 28.5 Å². The highest BCUT2D eigenvalue weighted by molar-refractivity contribution is 7.17. The molecule has 1 aliphatic heterocycles. The van der Waals surface area contributed by atoms with Crippen LogP contribution in [-0.4, -0.2) is 98.2 Å². The first kappa shape index (κ1) is 32.7. The Labute approximate surface area is 259 Å². The molecule has 0 fully saturated rings. The van der Waals surface area contributed by atoms with Gasteiger partial charge in [-0.05, 0) is 31.5 Å². The number of carbonyl (C=O) groups is 2.